The number of nitrogens with one attached hydrogen (secondary N) is 4. The lowest BCUT2D eigenvalue weighted by molar-refractivity contribution is -0.141. The number of benzene rings is 4. The van der Waals surface area contributed by atoms with Crippen LogP contribution in [0.25, 0.3) is 44.3 Å². The van der Waals surface area contributed by atoms with E-state index in [1.807, 2.05) is 9.80 Å². The van der Waals surface area contributed by atoms with E-state index in [9.17, 15) is 19.2 Å². The van der Waals surface area contributed by atoms with E-state index in [-0.39, 0.29) is 36.0 Å². The number of H-pyrrole nitrogens is 2. The Kier molecular flexibility index (Phi) is 14.6. The number of hydrogen-bond acceptors (Lipinski definition) is 10. The molecule has 2 aliphatic heterocycles. The van der Waals surface area contributed by atoms with Crippen LogP contribution in [-0.2, 0) is 54.2 Å². The Morgan fingerprint density at radius 3 is 1.38 bits per heavy atom. The zero-order chi connectivity index (χ0) is 52.8. The lowest BCUT2D eigenvalue weighted by Crippen LogP contribution is -2.56. The topological polar surface area (TPSA) is 193 Å². The quantitative estimate of drug-likeness (QED) is 0.0917. The molecular weight excluding hydrogens is 961 g/mol. The Balaban J connectivity index is 0.849. The molecule has 400 valence electrons. The van der Waals surface area contributed by atoms with E-state index < -0.39 is 36.5 Å². The number of imidazole rings is 2. The minimum absolute atomic E-state index is 0.0567. The highest BCUT2D eigenvalue weighted by Crippen LogP contribution is 2.48. The molecule has 4 aromatic carbocycles. The number of carbonyl (C=O) groups excluding carboxylic acids is 4. The Morgan fingerprint density at radius 1 is 0.553 bits per heavy atom. The van der Waals surface area contributed by atoms with E-state index in [0.29, 0.717) is 11.8 Å². The van der Waals surface area contributed by atoms with Gasteiger partial charge in [-0.15, -0.1) is 0 Å². The summed E-state index contributed by atoms with van der Waals surface area (Å²) in [4.78, 5) is 75.8. The molecule has 14 rings (SSSR count). The number of aromatic nitrogens is 4. The van der Waals surface area contributed by atoms with Gasteiger partial charge in [-0.3, -0.25) is 9.59 Å². The van der Waals surface area contributed by atoms with Crippen LogP contribution < -0.4 is 10.6 Å². The molecule has 0 spiro atoms. The summed E-state index contributed by atoms with van der Waals surface area (Å²) in [7, 11) is 5.69. The molecule has 10 atom stereocenters. The van der Waals surface area contributed by atoms with E-state index in [2.05, 4.69) is 93.4 Å². The van der Waals surface area contributed by atoms with Crippen LogP contribution in [0.15, 0.2) is 72.8 Å². The largest absolute Gasteiger partial charge is 0.453 e. The summed E-state index contributed by atoms with van der Waals surface area (Å²) in [5, 5.41) is 5.53. The Morgan fingerprint density at radius 2 is 0.974 bits per heavy atom. The molecule has 76 heavy (non-hydrogen) atoms. The minimum atomic E-state index is -0.906. The summed E-state index contributed by atoms with van der Waals surface area (Å²) >= 11 is 0. The van der Waals surface area contributed by atoms with Gasteiger partial charge in [0.25, 0.3) is 0 Å². The SMILES string of the molecule is COC(=O)N[C@H](C(=O)N1[C@H](c2nc3ccc(-c4cc5ccc4CCc4ccc(c(-c6ccc7nc([C@@H]8C[C@@H]9CCCC[C@@H]9N8C(=O)[C@@H](NC(=O)OC)[C@@H](C)OC)[nH]c7c6)c4)CC5)cc3[nH]2)C[C@@H]2CCCC[C@@H]21)[C@@H](C)OC. The van der Waals surface area contributed by atoms with Crippen molar-refractivity contribution < 1.29 is 38.1 Å². The number of aryl methyl sites for hydroxylation is 4. The fraction of sp³-hybridized carbons (Fsp3) is 0.500. The molecule has 16 heteroatoms. The molecule has 4 heterocycles. The number of amides is 4. The number of fused-ring (bicyclic) bond motifs is 4. The van der Waals surface area contributed by atoms with Crippen molar-refractivity contribution in [1.82, 2.24) is 40.4 Å². The third-order valence-corrected chi connectivity index (χ3v) is 17.8. The van der Waals surface area contributed by atoms with Gasteiger partial charge in [0.1, 0.15) is 23.7 Å². The van der Waals surface area contributed by atoms with Crippen LogP contribution in [0.5, 0.6) is 0 Å². The highest BCUT2D eigenvalue weighted by Gasteiger charge is 2.50. The average Bonchev–Trinajstić information content (AvgIpc) is 4.30. The zero-order valence-electron chi connectivity index (χ0n) is 44.7. The Hall–Kier alpha value is -6.78. The van der Waals surface area contributed by atoms with Gasteiger partial charge in [0.2, 0.25) is 11.8 Å². The van der Waals surface area contributed by atoms with Crippen molar-refractivity contribution in [3.63, 3.8) is 0 Å². The van der Waals surface area contributed by atoms with E-state index in [0.717, 1.165) is 135 Å². The highest BCUT2D eigenvalue weighted by molar-refractivity contribution is 5.89. The number of hydrogen-bond donors (Lipinski definition) is 4. The number of alkyl carbamates (subject to hydrolysis) is 2. The van der Waals surface area contributed by atoms with Crippen LogP contribution in [0.2, 0.25) is 0 Å². The lowest BCUT2D eigenvalue weighted by Gasteiger charge is -2.37. The van der Waals surface area contributed by atoms with Crippen molar-refractivity contribution >= 4 is 46.1 Å². The van der Waals surface area contributed by atoms with Crippen LogP contribution in [0, 0.1) is 11.8 Å². The molecule has 16 nitrogen and oxygen atoms in total. The summed E-state index contributed by atoms with van der Waals surface area (Å²) in [6.45, 7) is 3.59. The van der Waals surface area contributed by atoms with Crippen LogP contribution >= 0.6 is 0 Å². The third-order valence-electron chi connectivity index (χ3n) is 17.8. The van der Waals surface area contributed by atoms with E-state index in [1.165, 1.54) is 47.6 Å². The predicted molar refractivity (Wildman–Crippen MR) is 289 cm³/mol. The summed E-state index contributed by atoms with van der Waals surface area (Å²) in [5.74, 6) is 1.88. The summed E-state index contributed by atoms with van der Waals surface area (Å²) in [6.07, 6.45) is 10.9. The van der Waals surface area contributed by atoms with Gasteiger partial charge in [0.15, 0.2) is 0 Å². The summed E-state index contributed by atoms with van der Waals surface area (Å²) < 4.78 is 21.1. The predicted octanol–water partition coefficient (Wildman–Crippen LogP) is 9.84. The first-order valence-corrected chi connectivity index (χ1v) is 27.6. The maximum Gasteiger partial charge on any atom is 0.407 e. The third kappa shape index (κ3) is 9.82. The highest BCUT2D eigenvalue weighted by atomic mass is 16.5. The van der Waals surface area contributed by atoms with Crippen molar-refractivity contribution in [3.8, 4) is 22.3 Å². The van der Waals surface area contributed by atoms with Crippen molar-refractivity contribution in [2.45, 2.75) is 152 Å². The number of nitrogens with zero attached hydrogens (tertiary/aromatic N) is 4. The number of rotatable bonds is 12. The van der Waals surface area contributed by atoms with Gasteiger partial charge in [-0.05, 0) is 159 Å². The van der Waals surface area contributed by atoms with Crippen LogP contribution in [0.1, 0.15) is 124 Å². The van der Waals surface area contributed by atoms with Gasteiger partial charge < -0.3 is 49.3 Å². The second-order valence-electron chi connectivity index (χ2n) is 22.0. The first-order valence-electron chi connectivity index (χ1n) is 27.6. The number of likely N-dealkylation sites (tertiary alicyclic amines) is 2. The monoisotopic (exact) mass is 1030 g/mol. The molecule has 8 aliphatic rings. The summed E-state index contributed by atoms with van der Waals surface area (Å²) in [5.41, 5.74) is 13.3. The van der Waals surface area contributed by atoms with Gasteiger partial charge in [0, 0.05) is 26.3 Å². The molecule has 4 amide bonds. The van der Waals surface area contributed by atoms with E-state index >= 15 is 0 Å². The molecular formula is C60H72N8O8. The zero-order valence-corrected chi connectivity index (χ0v) is 44.7. The standard InChI is InChI=1S/C60H72N8O8/c1-33(73-3)53(65-59(71)75-5)57(69)67-49-13-9-7-11-41(49)31-51(67)55-61-45-25-23-39(29-47(45)63-55)43-27-35-15-19-37(43)21-17-36-16-20-38(22-18-35)44(28-36)40-24-26-46-48(30-40)64-56(62-46)52-32-42-12-8-10-14-50(42)68(52)58(70)54(34(2)74-4)66-60(72)76-6/h15-16,19-20,23-30,33-34,41-42,49-54H,7-14,17-18,21-22,31-32H2,1-6H3,(H,61,63)(H,62,64)(H,65,71)(H,66,72)/t33-,34-,41+,42+,49+,50+,51+,52+,53+,54+/m1/s1. The lowest BCUT2D eigenvalue weighted by atomic mass is 9.84. The maximum atomic E-state index is 14.6. The number of aromatic amines is 2. The second-order valence-corrected chi connectivity index (χ2v) is 22.0. The van der Waals surface area contributed by atoms with Gasteiger partial charge in [-0.25, -0.2) is 19.6 Å². The number of ether oxygens (including phenoxy) is 4. The summed E-state index contributed by atoms with van der Waals surface area (Å²) in [6, 6.07) is 24.6. The molecule has 4 N–H and O–H groups in total. The van der Waals surface area contributed by atoms with E-state index in [1.54, 1.807) is 28.1 Å². The van der Waals surface area contributed by atoms with Crippen molar-refractivity contribution in [2.24, 2.45) is 11.8 Å². The van der Waals surface area contributed by atoms with Crippen LogP contribution in [0.3, 0.4) is 0 Å². The Labute approximate surface area is 444 Å². The molecule has 4 fully saturated rings. The van der Waals surface area contributed by atoms with E-state index in [4.69, 9.17) is 28.9 Å². The molecule has 4 bridgehead atoms. The first-order chi connectivity index (χ1) is 36.9. The molecule has 6 aliphatic carbocycles. The van der Waals surface area contributed by atoms with Crippen molar-refractivity contribution in [3.05, 3.63) is 107 Å². The number of methoxy groups -OCH3 is 4. The Bertz CT molecular complexity index is 2940. The van der Waals surface area contributed by atoms with Crippen LogP contribution in [0.4, 0.5) is 9.59 Å². The maximum absolute atomic E-state index is 14.6. The molecule has 6 aromatic rings. The van der Waals surface area contributed by atoms with Crippen LogP contribution in [-0.4, -0.2) is 119 Å². The van der Waals surface area contributed by atoms with Crippen molar-refractivity contribution in [1.29, 1.82) is 0 Å². The molecule has 2 saturated carbocycles. The normalized spacial score (nSPS) is 23.8. The molecule has 0 unspecified atom stereocenters. The molecule has 2 saturated heterocycles. The first kappa shape index (κ1) is 51.3. The smallest absolute Gasteiger partial charge is 0.407 e. The van der Waals surface area contributed by atoms with Gasteiger partial charge in [-0.2, -0.15) is 0 Å². The fourth-order valence-corrected chi connectivity index (χ4v) is 13.6. The average molecular weight is 1030 g/mol. The van der Waals surface area contributed by atoms with Gasteiger partial charge in [0.05, 0.1) is 60.6 Å². The number of carbonyl (C=O) groups is 4. The minimum Gasteiger partial charge on any atom is -0.453 e. The van der Waals surface area contributed by atoms with Crippen molar-refractivity contribution in [2.75, 3.05) is 28.4 Å². The molecule has 0 radical (unpaired) electrons. The molecule has 2 aromatic heterocycles. The fourth-order valence-electron chi connectivity index (χ4n) is 13.6. The van der Waals surface area contributed by atoms with Gasteiger partial charge in [-0.1, -0.05) is 74.2 Å². The second kappa shape index (κ2) is 21.7. The van der Waals surface area contributed by atoms with Gasteiger partial charge >= 0.3 is 12.2 Å².